The first-order valence-electron chi connectivity index (χ1n) is 7.70. The molecule has 1 aliphatic rings. The first kappa shape index (κ1) is 16.3. The van der Waals surface area contributed by atoms with Crippen LogP contribution in [-0.2, 0) is 0 Å². The second kappa shape index (κ2) is 8.41. The van der Waals surface area contributed by atoms with Gasteiger partial charge in [0.15, 0.2) is 0 Å². The molecule has 1 aliphatic carbocycles. The third kappa shape index (κ3) is 6.28. The van der Waals surface area contributed by atoms with E-state index in [1.165, 1.54) is 32.1 Å². The van der Waals surface area contributed by atoms with Crippen LogP contribution in [0.1, 0.15) is 52.4 Å². The molecule has 0 saturated heterocycles. The van der Waals surface area contributed by atoms with Crippen LogP contribution in [0, 0.1) is 11.8 Å². The van der Waals surface area contributed by atoms with Crippen LogP contribution in [-0.4, -0.2) is 42.3 Å². The zero-order valence-corrected chi connectivity index (χ0v) is 12.7. The largest absolute Gasteiger partial charge is 0.393 e. The van der Waals surface area contributed by atoms with E-state index in [0.29, 0.717) is 18.9 Å². The highest BCUT2D eigenvalue weighted by atomic mass is 16.3. The molecule has 0 aliphatic heterocycles. The molecule has 1 atom stereocenters. The van der Waals surface area contributed by atoms with Crippen molar-refractivity contribution in [3.8, 4) is 0 Å². The van der Waals surface area contributed by atoms with Crippen LogP contribution in [0.5, 0.6) is 0 Å². The fourth-order valence-electron chi connectivity index (χ4n) is 2.69. The summed E-state index contributed by atoms with van der Waals surface area (Å²) < 4.78 is 0. The van der Waals surface area contributed by atoms with Crippen molar-refractivity contribution in [2.45, 2.75) is 58.5 Å². The standard InChI is InChI=1S/C15H30N2O2/c1-4-13-5-7-14(8-6-13)11-16-15(19)17(3)10-9-12(2)18/h12-14,18H,4-11H2,1-3H3,(H,16,19). The van der Waals surface area contributed by atoms with Crippen molar-refractivity contribution in [1.82, 2.24) is 10.2 Å². The van der Waals surface area contributed by atoms with Crippen molar-refractivity contribution in [2.75, 3.05) is 20.1 Å². The Balaban J connectivity index is 2.16. The number of aliphatic hydroxyl groups excluding tert-OH is 1. The maximum atomic E-state index is 11.9. The molecule has 2 amide bonds. The molecule has 19 heavy (non-hydrogen) atoms. The molecule has 0 aromatic carbocycles. The summed E-state index contributed by atoms with van der Waals surface area (Å²) >= 11 is 0. The van der Waals surface area contributed by atoms with E-state index in [0.717, 1.165) is 12.5 Å². The summed E-state index contributed by atoms with van der Waals surface area (Å²) in [5.74, 6) is 1.55. The third-order valence-electron chi connectivity index (χ3n) is 4.31. The normalized spacial score (nSPS) is 24.8. The quantitative estimate of drug-likeness (QED) is 0.779. The molecular formula is C15H30N2O2. The number of hydrogen-bond acceptors (Lipinski definition) is 2. The average molecular weight is 270 g/mol. The highest BCUT2D eigenvalue weighted by Gasteiger charge is 2.20. The SMILES string of the molecule is CCC1CCC(CNC(=O)N(C)CCC(C)O)CC1. The third-order valence-corrected chi connectivity index (χ3v) is 4.31. The van der Waals surface area contributed by atoms with E-state index in [-0.39, 0.29) is 12.1 Å². The van der Waals surface area contributed by atoms with Crippen LogP contribution in [0.4, 0.5) is 4.79 Å². The molecule has 4 heteroatoms. The Morgan fingerprint density at radius 2 is 1.89 bits per heavy atom. The number of carbonyl (C=O) groups is 1. The molecule has 1 saturated carbocycles. The molecule has 1 rings (SSSR count). The number of rotatable bonds is 6. The minimum Gasteiger partial charge on any atom is -0.393 e. The van der Waals surface area contributed by atoms with Gasteiger partial charge in [0.25, 0.3) is 0 Å². The fraction of sp³-hybridized carbons (Fsp3) is 0.933. The lowest BCUT2D eigenvalue weighted by Crippen LogP contribution is -2.41. The summed E-state index contributed by atoms with van der Waals surface area (Å²) in [5.41, 5.74) is 0. The molecule has 112 valence electrons. The first-order valence-corrected chi connectivity index (χ1v) is 7.70. The van der Waals surface area contributed by atoms with Gasteiger partial charge in [0.1, 0.15) is 0 Å². The van der Waals surface area contributed by atoms with E-state index in [9.17, 15) is 9.90 Å². The van der Waals surface area contributed by atoms with Crippen molar-refractivity contribution >= 4 is 6.03 Å². The maximum absolute atomic E-state index is 11.9. The van der Waals surface area contributed by atoms with Gasteiger partial charge in [-0.25, -0.2) is 4.79 Å². The molecule has 2 N–H and O–H groups in total. The molecule has 1 unspecified atom stereocenters. The van der Waals surface area contributed by atoms with Gasteiger partial charge < -0.3 is 15.3 Å². The van der Waals surface area contributed by atoms with Crippen LogP contribution in [0.25, 0.3) is 0 Å². The summed E-state index contributed by atoms with van der Waals surface area (Å²) in [6.07, 6.45) is 6.70. The number of carbonyl (C=O) groups excluding carboxylic acids is 1. The Labute approximate surface area is 117 Å². The molecule has 4 nitrogen and oxygen atoms in total. The summed E-state index contributed by atoms with van der Waals surface area (Å²) in [4.78, 5) is 13.5. The van der Waals surface area contributed by atoms with Crippen LogP contribution < -0.4 is 5.32 Å². The van der Waals surface area contributed by atoms with Crippen molar-refractivity contribution in [1.29, 1.82) is 0 Å². The highest BCUT2D eigenvalue weighted by Crippen LogP contribution is 2.30. The van der Waals surface area contributed by atoms with Gasteiger partial charge in [-0.05, 0) is 38.0 Å². The first-order chi connectivity index (χ1) is 9.02. The van der Waals surface area contributed by atoms with E-state index in [4.69, 9.17) is 0 Å². The number of amides is 2. The summed E-state index contributed by atoms with van der Waals surface area (Å²) in [6.45, 7) is 5.42. The Hall–Kier alpha value is -0.770. The molecule has 0 bridgehead atoms. The van der Waals surface area contributed by atoms with Crippen LogP contribution in [0.15, 0.2) is 0 Å². The van der Waals surface area contributed by atoms with Crippen molar-refractivity contribution in [2.24, 2.45) is 11.8 Å². The number of aliphatic hydroxyl groups is 1. The second-order valence-corrected chi connectivity index (χ2v) is 6.04. The lowest BCUT2D eigenvalue weighted by Gasteiger charge is -2.28. The van der Waals surface area contributed by atoms with E-state index in [1.807, 2.05) is 0 Å². The zero-order valence-electron chi connectivity index (χ0n) is 12.7. The maximum Gasteiger partial charge on any atom is 0.317 e. The van der Waals surface area contributed by atoms with Gasteiger partial charge in [0.05, 0.1) is 6.10 Å². The monoisotopic (exact) mass is 270 g/mol. The van der Waals surface area contributed by atoms with Gasteiger partial charge in [-0.2, -0.15) is 0 Å². The van der Waals surface area contributed by atoms with Gasteiger partial charge in [-0.3, -0.25) is 0 Å². The Kier molecular flexibility index (Phi) is 7.21. The molecule has 0 aromatic rings. The Morgan fingerprint density at radius 3 is 2.42 bits per heavy atom. The number of nitrogens with one attached hydrogen (secondary N) is 1. The second-order valence-electron chi connectivity index (χ2n) is 6.04. The van der Waals surface area contributed by atoms with Crippen molar-refractivity contribution in [3.05, 3.63) is 0 Å². The predicted molar refractivity (Wildman–Crippen MR) is 78.1 cm³/mol. The molecule has 0 spiro atoms. The topological polar surface area (TPSA) is 52.6 Å². The van der Waals surface area contributed by atoms with E-state index < -0.39 is 0 Å². The lowest BCUT2D eigenvalue weighted by molar-refractivity contribution is 0.162. The Morgan fingerprint density at radius 1 is 1.32 bits per heavy atom. The van der Waals surface area contributed by atoms with Gasteiger partial charge in [-0.1, -0.05) is 26.2 Å². The Bertz CT molecular complexity index is 261. The number of hydrogen-bond donors (Lipinski definition) is 2. The summed E-state index contributed by atoms with van der Waals surface area (Å²) in [7, 11) is 1.78. The van der Waals surface area contributed by atoms with Gasteiger partial charge in [-0.15, -0.1) is 0 Å². The molecular weight excluding hydrogens is 240 g/mol. The van der Waals surface area contributed by atoms with Crippen LogP contribution in [0.3, 0.4) is 0 Å². The van der Waals surface area contributed by atoms with Gasteiger partial charge >= 0.3 is 6.03 Å². The van der Waals surface area contributed by atoms with Crippen LogP contribution in [0.2, 0.25) is 0 Å². The fourth-order valence-corrected chi connectivity index (χ4v) is 2.69. The van der Waals surface area contributed by atoms with E-state index in [1.54, 1.807) is 18.9 Å². The minimum absolute atomic E-state index is 0.0155. The summed E-state index contributed by atoms with van der Waals surface area (Å²) in [6, 6.07) is -0.0155. The summed E-state index contributed by atoms with van der Waals surface area (Å²) in [5, 5.41) is 12.2. The zero-order chi connectivity index (χ0) is 14.3. The van der Waals surface area contributed by atoms with Gasteiger partial charge in [0.2, 0.25) is 0 Å². The van der Waals surface area contributed by atoms with E-state index in [2.05, 4.69) is 12.2 Å². The highest BCUT2D eigenvalue weighted by molar-refractivity contribution is 5.73. The number of urea groups is 1. The smallest absolute Gasteiger partial charge is 0.317 e. The molecule has 0 aromatic heterocycles. The average Bonchev–Trinajstić information content (AvgIpc) is 2.42. The predicted octanol–water partition coefficient (Wildman–Crippen LogP) is 2.62. The van der Waals surface area contributed by atoms with Crippen molar-refractivity contribution in [3.63, 3.8) is 0 Å². The minimum atomic E-state index is -0.348. The molecule has 0 heterocycles. The molecule has 0 radical (unpaired) electrons. The molecule has 1 fully saturated rings. The number of nitrogens with zero attached hydrogens (tertiary/aromatic N) is 1. The van der Waals surface area contributed by atoms with E-state index >= 15 is 0 Å². The van der Waals surface area contributed by atoms with Crippen LogP contribution >= 0.6 is 0 Å². The van der Waals surface area contributed by atoms with Crippen molar-refractivity contribution < 1.29 is 9.90 Å². The van der Waals surface area contributed by atoms with Gasteiger partial charge in [0, 0.05) is 20.1 Å². The lowest BCUT2D eigenvalue weighted by atomic mass is 9.81.